The molecule has 1 N–H and O–H groups in total. The lowest BCUT2D eigenvalue weighted by Gasteiger charge is -2.23. The first-order valence-corrected chi connectivity index (χ1v) is 7.06. The zero-order valence-corrected chi connectivity index (χ0v) is 12.8. The van der Waals surface area contributed by atoms with Crippen molar-refractivity contribution in [2.24, 2.45) is 0 Å². The Morgan fingerprint density at radius 3 is 2.70 bits per heavy atom. The fourth-order valence-electron chi connectivity index (χ4n) is 1.94. The summed E-state index contributed by atoms with van der Waals surface area (Å²) >= 11 is 0. The fraction of sp³-hybridized carbons (Fsp3) is 0.188. The highest BCUT2D eigenvalue weighted by molar-refractivity contribution is 5.96. The number of anilines is 1. The average molecular weight is 312 g/mol. The Morgan fingerprint density at radius 2 is 2.00 bits per heavy atom. The van der Waals surface area contributed by atoms with Crippen molar-refractivity contribution < 1.29 is 14.1 Å². The zero-order chi connectivity index (χ0) is 16.3. The first kappa shape index (κ1) is 14.8. The predicted molar refractivity (Wildman–Crippen MR) is 83.4 cm³/mol. The van der Waals surface area contributed by atoms with Gasteiger partial charge in [-0.3, -0.25) is 4.79 Å². The molecular weight excluding hydrogens is 296 g/mol. The SMILES string of the molecule is CC(C)(Oc1ccn(-c2ccccc2)n1)C(=O)Nc1ccon1. The number of nitrogens with one attached hydrogen (secondary N) is 1. The number of aromatic nitrogens is 3. The minimum atomic E-state index is -1.12. The van der Waals surface area contributed by atoms with Crippen molar-refractivity contribution in [3.05, 3.63) is 54.9 Å². The number of amides is 1. The molecule has 0 aliphatic carbocycles. The number of hydrogen-bond donors (Lipinski definition) is 1. The second-order valence-electron chi connectivity index (χ2n) is 5.39. The molecule has 7 nitrogen and oxygen atoms in total. The van der Waals surface area contributed by atoms with Crippen LogP contribution in [0.4, 0.5) is 5.82 Å². The molecule has 0 bridgehead atoms. The van der Waals surface area contributed by atoms with Crippen LogP contribution < -0.4 is 10.1 Å². The van der Waals surface area contributed by atoms with Gasteiger partial charge in [0.15, 0.2) is 11.4 Å². The number of carbonyl (C=O) groups excluding carboxylic acids is 1. The van der Waals surface area contributed by atoms with Crippen LogP contribution in [0.1, 0.15) is 13.8 Å². The third kappa shape index (κ3) is 3.39. The molecular formula is C16H16N4O3. The summed E-state index contributed by atoms with van der Waals surface area (Å²) in [4.78, 5) is 12.3. The van der Waals surface area contributed by atoms with Crippen molar-refractivity contribution in [1.29, 1.82) is 0 Å². The quantitative estimate of drug-likeness (QED) is 0.783. The van der Waals surface area contributed by atoms with E-state index < -0.39 is 5.60 Å². The molecule has 1 aromatic carbocycles. The van der Waals surface area contributed by atoms with Crippen LogP contribution in [0.2, 0.25) is 0 Å². The lowest BCUT2D eigenvalue weighted by molar-refractivity contribution is -0.128. The van der Waals surface area contributed by atoms with Gasteiger partial charge in [-0.15, -0.1) is 5.10 Å². The highest BCUT2D eigenvalue weighted by atomic mass is 16.5. The molecule has 7 heteroatoms. The first-order chi connectivity index (χ1) is 11.0. The highest BCUT2D eigenvalue weighted by Crippen LogP contribution is 2.19. The number of carbonyl (C=O) groups is 1. The van der Waals surface area contributed by atoms with E-state index in [0.717, 1.165) is 5.69 Å². The van der Waals surface area contributed by atoms with Crippen molar-refractivity contribution in [3.8, 4) is 11.6 Å². The molecule has 0 saturated carbocycles. The van der Waals surface area contributed by atoms with Crippen LogP contribution in [0.15, 0.2) is 59.4 Å². The van der Waals surface area contributed by atoms with Gasteiger partial charge in [-0.05, 0) is 26.0 Å². The van der Waals surface area contributed by atoms with Gasteiger partial charge in [-0.2, -0.15) is 0 Å². The Kier molecular flexibility index (Phi) is 3.84. The van der Waals surface area contributed by atoms with E-state index in [1.54, 1.807) is 36.9 Å². The number of benzene rings is 1. The molecule has 23 heavy (non-hydrogen) atoms. The third-order valence-corrected chi connectivity index (χ3v) is 3.17. The van der Waals surface area contributed by atoms with Crippen LogP contribution in [0.3, 0.4) is 0 Å². The van der Waals surface area contributed by atoms with Crippen LogP contribution in [-0.2, 0) is 4.79 Å². The second-order valence-corrected chi connectivity index (χ2v) is 5.39. The standard InChI is InChI=1S/C16H16N4O3/c1-16(2,15(21)17-13-9-11-22-19-13)23-14-8-10-20(18-14)12-6-4-3-5-7-12/h3-11H,1-2H3,(H,17,19,21). The number of nitrogens with zero attached hydrogens (tertiary/aromatic N) is 3. The van der Waals surface area contributed by atoms with Crippen molar-refractivity contribution in [2.45, 2.75) is 19.4 Å². The molecule has 0 saturated heterocycles. The largest absolute Gasteiger partial charge is 0.460 e. The maximum Gasteiger partial charge on any atom is 0.269 e. The van der Waals surface area contributed by atoms with Gasteiger partial charge in [0.05, 0.1) is 5.69 Å². The summed E-state index contributed by atoms with van der Waals surface area (Å²) in [6.07, 6.45) is 3.15. The van der Waals surface area contributed by atoms with E-state index in [0.29, 0.717) is 11.7 Å². The molecule has 0 atom stereocenters. The van der Waals surface area contributed by atoms with Gasteiger partial charge in [-0.1, -0.05) is 23.4 Å². The molecule has 1 amide bonds. The maximum atomic E-state index is 12.3. The van der Waals surface area contributed by atoms with Crippen LogP contribution in [0.25, 0.3) is 5.69 Å². The summed E-state index contributed by atoms with van der Waals surface area (Å²) in [5.74, 6) is 0.344. The van der Waals surface area contributed by atoms with Crippen molar-refractivity contribution in [1.82, 2.24) is 14.9 Å². The summed E-state index contributed by atoms with van der Waals surface area (Å²) < 4.78 is 12.1. The van der Waals surface area contributed by atoms with E-state index in [1.807, 2.05) is 30.3 Å². The maximum absolute atomic E-state index is 12.3. The summed E-state index contributed by atoms with van der Waals surface area (Å²) in [6.45, 7) is 3.31. The lowest BCUT2D eigenvalue weighted by atomic mass is 10.1. The Bertz CT molecular complexity index is 779. The Hall–Kier alpha value is -3.09. The second kappa shape index (κ2) is 5.96. The molecule has 118 valence electrons. The van der Waals surface area contributed by atoms with Crippen molar-refractivity contribution in [3.63, 3.8) is 0 Å². The van der Waals surface area contributed by atoms with E-state index in [1.165, 1.54) is 6.26 Å². The number of ether oxygens (including phenoxy) is 1. The smallest absolute Gasteiger partial charge is 0.269 e. The number of para-hydroxylation sites is 1. The number of hydrogen-bond acceptors (Lipinski definition) is 5. The predicted octanol–water partition coefficient (Wildman–Crippen LogP) is 2.66. The van der Waals surface area contributed by atoms with E-state index in [9.17, 15) is 4.79 Å². The van der Waals surface area contributed by atoms with Gasteiger partial charge >= 0.3 is 0 Å². The number of rotatable bonds is 5. The molecule has 2 aromatic heterocycles. The Morgan fingerprint density at radius 1 is 1.22 bits per heavy atom. The average Bonchev–Trinajstić information content (AvgIpc) is 3.19. The summed E-state index contributed by atoms with van der Waals surface area (Å²) in [7, 11) is 0. The van der Waals surface area contributed by atoms with Gasteiger partial charge in [0.25, 0.3) is 5.91 Å². The normalized spacial score (nSPS) is 11.2. The topological polar surface area (TPSA) is 82.2 Å². The molecule has 0 aliphatic heterocycles. The Labute approximate surface area is 132 Å². The van der Waals surface area contributed by atoms with Crippen LogP contribution in [0.5, 0.6) is 5.88 Å². The lowest BCUT2D eigenvalue weighted by Crippen LogP contribution is -2.42. The Balaban J connectivity index is 1.70. The van der Waals surface area contributed by atoms with Crippen molar-refractivity contribution >= 4 is 11.7 Å². The van der Waals surface area contributed by atoms with Crippen LogP contribution in [-0.4, -0.2) is 26.4 Å². The zero-order valence-electron chi connectivity index (χ0n) is 12.8. The molecule has 0 spiro atoms. The van der Waals surface area contributed by atoms with E-state index in [4.69, 9.17) is 4.74 Å². The van der Waals surface area contributed by atoms with Gasteiger partial charge < -0.3 is 14.6 Å². The van der Waals surface area contributed by atoms with E-state index >= 15 is 0 Å². The van der Waals surface area contributed by atoms with Crippen LogP contribution >= 0.6 is 0 Å². The third-order valence-electron chi connectivity index (χ3n) is 3.17. The summed E-state index contributed by atoms with van der Waals surface area (Å²) in [5, 5.41) is 10.6. The van der Waals surface area contributed by atoms with Gasteiger partial charge in [0.1, 0.15) is 6.26 Å². The molecule has 2 heterocycles. The van der Waals surface area contributed by atoms with Crippen LogP contribution in [0, 0.1) is 0 Å². The van der Waals surface area contributed by atoms with E-state index in [2.05, 4.69) is 20.1 Å². The minimum absolute atomic E-state index is 0.335. The molecule has 0 aliphatic rings. The van der Waals surface area contributed by atoms with Gasteiger partial charge in [-0.25, -0.2) is 4.68 Å². The first-order valence-electron chi connectivity index (χ1n) is 7.06. The van der Waals surface area contributed by atoms with Gasteiger partial charge in [0, 0.05) is 18.3 Å². The van der Waals surface area contributed by atoms with Crippen molar-refractivity contribution in [2.75, 3.05) is 5.32 Å². The monoisotopic (exact) mass is 312 g/mol. The molecule has 3 aromatic rings. The van der Waals surface area contributed by atoms with E-state index in [-0.39, 0.29) is 5.91 Å². The molecule has 0 fully saturated rings. The highest BCUT2D eigenvalue weighted by Gasteiger charge is 2.31. The fourth-order valence-corrected chi connectivity index (χ4v) is 1.94. The summed E-state index contributed by atoms with van der Waals surface area (Å²) in [6, 6.07) is 12.9. The molecule has 3 rings (SSSR count). The minimum Gasteiger partial charge on any atom is -0.460 e. The molecule has 0 unspecified atom stereocenters. The molecule has 0 radical (unpaired) electrons. The van der Waals surface area contributed by atoms with Gasteiger partial charge in [0.2, 0.25) is 5.88 Å². The summed E-state index contributed by atoms with van der Waals surface area (Å²) in [5.41, 5.74) is -0.207.